The second-order valence-electron chi connectivity index (χ2n) is 4.88. The number of aryl methyl sites for hydroxylation is 1. The molecule has 3 atom stereocenters. The Morgan fingerprint density at radius 3 is 2.79 bits per heavy atom. The van der Waals surface area contributed by atoms with Crippen LogP contribution in [0.25, 0.3) is 0 Å². The van der Waals surface area contributed by atoms with Crippen molar-refractivity contribution < 1.29 is 14.9 Å². The molecule has 1 saturated heterocycles. The maximum absolute atomic E-state index is 11.8. The standard InChI is InChI=1S/C12H18N2O5/c1-3-12(6-15)8(16)4-9(19-12)14-5-7(2)10(17)13-11(14)18/h5,8-9,15-16H,3-4,6H2,1-2H3,(H,13,17,18). The van der Waals surface area contributed by atoms with Gasteiger partial charge in [-0.25, -0.2) is 4.79 Å². The van der Waals surface area contributed by atoms with Crippen LogP contribution in [0.2, 0.25) is 0 Å². The first-order valence-electron chi connectivity index (χ1n) is 6.22. The number of ether oxygens (including phenoxy) is 1. The molecule has 19 heavy (non-hydrogen) atoms. The summed E-state index contributed by atoms with van der Waals surface area (Å²) < 4.78 is 6.91. The Balaban J connectivity index is 2.38. The van der Waals surface area contributed by atoms with Gasteiger partial charge in [0.15, 0.2) is 0 Å². The molecule has 2 rings (SSSR count). The van der Waals surface area contributed by atoms with Crippen molar-refractivity contribution in [2.45, 2.75) is 44.6 Å². The first-order chi connectivity index (χ1) is 8.93. The maximum atomic E-state index is 11.8. The molecular weight excluding hydrogens is 252 g/mol. The highest BCUT2D eigenvalue weighted by Crippen LogP contribution is 2.37. The lowest BCUT2D eigenvalue weighted by molar-refractivity contribution is -0.130. The highest BCUT2D eigenvalue weighted by Gasteiger charge is 2.47. The first kappa shape index (κ1) is 14.0. The highest BCUT2D eigenvalue weighted by atomic mass is 16.6. The lowest BCUT2D eigenvalue weighted by atomic mass is 9.95. The van der Waals surface area contributed by atoms with Gasteiger partial charge in [-0.2, -0.15) is 0 Å². The fourth-order valence-corrected chi connectivity index (χ4v) is 2.35. The van der Waals surface area contributed by atoms with Crippen molar-refractivity contribution in [3.63, 3.8) is 0 Å². The molecule has 106 valence electrons. The summed E-state index contributed by atoms with van der Waals surface area (Å²) in [5.41, 5.74) is -1.69. The van der Waals surface area contributed by atoms with Gasteiger partial charge >= 0.3 is 5.69 Å². The highest BCUT2D eigenvalue weighted by molar-refractivity contribution is 5.03. The van der Waals surface area contributed by atoms with Crippen molar-refractivity contribution >= 4 is 0 Å². The van der Waals surface area contributed by atoms with Crippen LogP contribution in [0.5, 0.6) is 0 Å². The van der Waals surface area contributed by atoms with Gasteiger partial charge in [0.2, 0.25) is 0 Å². The van der Waals surface area contributed by atoms with Crippen LogP contribution >= 0.6 is 0 Å². The molecule has 1 aromatic heterocycles. The van der Waals surface area contributed by atoms with E-state index in [2.05, 4.69) is 4.98 Å². The van der Waals surface area contributed by atoms with Crippen LogP contribution in [0.3, 0.4) is 0 Å². The molecule has 0 radical (unpaired) electrons. The Hall–Kier alpha value is -1.44. The van der Waals surface area contributed by atoms with E-state index in [4.69, 9.17) is 4.74 Å². The van der Waals surface area contributed by atoms with Gasteiger partial charge in [-0.3, -0.25) is 14.3 Å². The normalized spacial score (nSPS) is 30.7. The Morgan fingerprint density at radius 1 is 1.58 bits per heavy atom. The van der Waals surface area contributed by atoms with Gasteiger partial charge in [0.1, 0.15) is 11.8 Å². The molecule has 2 heterocycles. The Kier molecular flexibility index (Phi) is 3.62. The Bertz CT molecular complexity index is 572. The van der Waals surface area contributed by atoms with E-state index in [1.54, 1.807) is 13.8 Å². The number of aromatic nitrogens is 2. The van der Waals surface area contributed by atoms with Gasteiger partial charge in [0, 0.05) is 18.2 Å². The average Bonchev–Trinajstić information content (AvgIpc) is 2.71. The fourth-order valence-electron chi connectivity index (χ4n) is 2.35. The molecule has 0 aromatic carbocycles. The van der Waals surface area contributed by atoms with E-state index in [-0.39, 0.29) is 13.0 Å². The summed E-state index contributed by atoms with van der Waals surface area (Å²) in [6, 6.07) is 0. The molecule has 1 aromatic rings. The van der Waals surface area contributed by atoms with E-state index in [0.29, 0.717) is 12.0 Å². The third kappa shape index (κ3) is 2.24. The minimum atomic E-state index is -1.05. The summed E-state index contributed by atoms with van der Waals surface area (Å²) in [4.78, 5) is 25.3. The van der Waals surface area contributed by atoms with Gasteiger partial charge in [-0.05, 0) is 13.3 Å². The molecule has 0 bridgehead atoms. The molecule has 0 amide bonds. The number of hydrogen-bond acceptors (Lipinski definition) is 5. The largest absolute Gasteiger partial charge is 0.393 e. The van der Waals surface area contributed by atoms with Gasteiger partial charge in [-0.15, -0.1) is 0 Å². The van der Waals surface area contributed by atoms with Crippen LogP contribution in [-0.2, 0) is 4.74 Å². The summed E-state index contributed by atoms with van der Waals surface area (Å²) in [7, 11) is 0. The summed E-state index contributed by atoms with van der Waals surface area (Å²) in [5.74, 6) is 0. The van der Waals surface area contributed by atoms with Crippen molar-refractivity contribution in [3.8, 4) is 0 Å². The number of aliphatic hydroxyl groups excluding tert-OH is 2. The summed E-state index contributed by atoms with van der Waals surface area (Å²) >= 11 is 0. The molecule has 1 aliphatic rings. The second-order valence-corrected chi connectivity index (χ2v) is 4.88. The molecule has 3 N–H and O–H groups in total. The molecule has 7 nitrogen and oxygen atoms in total. The van der Waals surface area contributed by atoms with E-state index >= 15 is 0 Å². The third-order valence-electron chi connectivity index (χ3n) is 3.73. The Morgan fingerprint density at radius 2 is 2.26 bits per heavy atom. The van der Waals surface area contributed by atoms with E-state index in [1.807, 2.05) is 0 Å². The van der Waals surface area contributed by atoms with Gasteiger partial charge in [0.05, 0.1) is 12.7 Å². The van der Waals surface area contributed by atoms with Crippen LogP contribution in [-0.4, -0.2) is 38.1 Å². The van der Waals surface area contributed by atoms with Gasteiger partial charge in [0.25, 0.3) is 5.56 Å². The van der Waals surface area contributed by atoms with Crippen LogP contribution < -0.4 is 11.2 Å². The van der Waals surface area contributed by atoms with Gasteiger partial charge < -0.3 is 14.9 Å². The molecule has 1 aliphatic heterocycles. The molecule has 3 unspecified atom stereocenters. The first-order valence-corrected chi connectivity index (χ1v) is 6.22. The summed E-state index contributed by atoms with van der Waals surface area (Å²) in [6.07, 6.45) is 0.483. The molecule has 0 saturated carbocycles. The van der Waals surface area contributed by atoms with Crippen molar-refractivity contribution in [2.24, 2.45) is 0 Å². The molecule has 0 aliphatic carbocycles. The smallest absolute Gasteiger partial charge is 0.330 e. The molecular formula is C12H18N2O5. The molecule has 0 spiro atoms. The minimum Gasteiger partial charge on any atom is -0.393 e. The molecule has 1 fully saturated rings. The van der Waals surface area contributed by atoms with Crippen molar-refractivity contribution in [1.82, 2.24) is 9.55 Å². The predicted molar refractivity (Wildman–Crippen MR) is 66.9 cm³/mol. The zero-order valence-corrected chi connectivity index (χ0v) is 10.9. The number of aliphatic hydroxyl groups is 2. The zero-order valence-electron chi connectivity index (χ0n) is 10.9. The number of hydrogen-bond donors (Lipinski definition) is 3. The summed E-state index contributed by atoms with van der Waals surface area (Å²) in [5, 5.41) is 19.4. The lowest BCUT2D eigenvalue weighted by Crippen LogP contribution is -2.42. The van der Waals surface area contributed by atoms with Crippen molar-refractivity contribution in [2.75, 3.05) is 6.61 Å². The van der Waals surface area contributed by atoms with Crippen molar-refractivity contribution in [1.29, 1.82) is 0 Å². The van der Waals surface area contributed by atoms with E-state index in [0.717, 1.165) is 0 Å². The fraction of sp³-hybridized carbons (Fsp3) is 0.667. The number of H-pyrrole nitrogens is 1. The maximum Gasteiger partial charge on any atom is 0.330 e. The lowest BCUT2D eigenvalue weighted by Gasteiger charge is -2.28. The monoisotopic (exact) mass is 270 g/mol. The van der Waals surface area contributed by atoms with E-state index in [9.17, 15) is 19.8 Å². The SMILES string of the molecule is CCC1(CO)OC(n2cc(C)c(=O)[nH]c2=O)CC1O. The molecule has 7 heteroatoms. The number of rotatable bonds is 3. The van der Waals surface area contributed by atoms with Crippen LogP contribution in [0.15, 0.2) is 15.8 Å². The number of aromatic amines is 1. The van der Waals surface area contributed by atoms with Crippen LogP contribution in [0.1, 0.15) is 31.6 Å². The number of nitrogens with one attached hydrogen (secondary N) is 1. The summed E-state index contributed by atoms with van der Waals surface area (Å²) in [6.45, 7) is 3.06. The third-order valence-corrected chi connectivity index (χ3v) is 3.73. The second kappa shape index (κ2) is 4.92. The van der Waals surface area contributed by atoms with Gasteiger partial charge in [-0.1, -0.05) is 6.92 Å². The minimum absolute atomic E-state index is 0.194. The average molecular weight is 270 g/mol. The Labute approximate surface area is 109 Å². The number of nitrogens with zero attached hydrogens (tertiary/aromatic N) is 1. The zero-order chi connectivity index (χ0) is 14.2. The van der Waals surface area contributed by atoms with Crippen LogP contribution in [0.4, 0.5) is 0 Å². The van der Waals surface area contributed by atoms with E-state index in [1.165, 1.54) is 10.8 Å². The topological polar surface area (TPSA) is 105 Å². The predicted octanol–water partition coefficient (Wildman–Crippen LogP) is -0.734. The van der Waals surface area contributed by atoms with Crippen molar-refractivity contribution in [3.05, 3.63) is 32.6 Å². The quantitative estimate of drug-likeness (QED) is 0.671. The van der Waals surface area contributed by atoms with E-state index < -0.39 is 29.2 Å². The van der Waals surface area contributed by atoms with Crippen LogP contribution in [0, 0.1) is 6.92 Å².